The number of aromatic amines is 1. The van der Waals surface area contributed by atoms with Crippen molar-refractivity contribution in [2.24, 2.45) is 0 Å². The van der Waals surface area contributed by atoms with Crippen molar-refractivity contribution >= 4 is 5.91 Å². The van der Waals surface area contributed by atoms with E-state index in [1.807, 2.05) is 54.3 Å². The van der Waals surface area contributed by atoms with Crippen LogP contribution in [0.5, 0.6) is 0 Å². The summed E-state index contributed by atoms with van der Waals surface area (Å²) in [6.07, 6.45) is 2.50. The Balaban J connectivity index is 1.45. The lowest BCUT2D eigenvalue weighted by Gasteiger charge is -2.32. The Labute approximate surface area is 188 Å². The number of carbonyl (C=O) groups is 1. The van der Waals surface area contributed by atoms with Crippen molar-refractivity contribution < 1.29 is 9.53 Å². The molecule has 1 aliphatic rings. The van der Waals surface area contributed by atoms with Crippen molar-refractivity contribution in [1.29, 1.82) is 5.26 Å². The maximum absolute atomic E-state index is 13.3. The van der Waals surface area contributed by atoms with Crippen LogP contribution in [0.3, 0.4) is 0 Å². The molecule has 4 rings (SSSR count). The largest absolute Gasteiger partial charge is 0.384 e. The molecule has 32 heavy (non-hydrogen) atoms. The first-order valence-electron chi connectivity index (χ1n) is 10.9. The first kappa shape index (κ1) is 21.7. The molecule has 1 aliphatic heterocycles. The van der Waals surface area contributed by atoms with Crippen LogP contribution in [0.4, 0.5) is 0 Å². The molecule has 1 amide bonds. The van der Waals surface area contributed by atoms with E-state index >= 15 is 0 Å². The number of ether oxygens (including phenoxy) is 1. The molecule has 7 nitrogen and oxygen atoms in total. The van der Waals surface area contributed by atoms with Crippen LogP contribution in [0.25, 0.3) is 11.4 Å². The number of benzene rings is 2. The topological polar surface area (TPSA) is 94.9 Å². The standard InChI is InChI=1S/C25H27N5O2/c1-17-21(24-27-23(28-29-24)12-15-32-2)4-3-5-22(17)25(31)30-13-10-20(11-14-30)19-8-6-18(16-26)7-9-19/h3-9,20H,10-15H2,1-2H3,(H,27,28,29). The average Bonchev–Trinajstić information content (AvgIpc) is 3.31. The molecule has 3 aromatic rings. The molecule has 2 aromatic carbocycles. The summed E-state index contributed by atoms with van der Waals surface area (Å²) in [6.45, 7) is 3.96. The van der Waals surface area contributed by atoms with E-state index in [9.17, 15) is 4.79 Å². The van der Waals surface area contributed by atoms with Gasteiger partial charge in [0, 0.05) is 37.7 Å². The summed E-state index contributed by atoms with van der Waals surface area (Å²) >= 11 is 0. The minimum atomic E-state index is 0.0535. The molecule has 164 valence electrons. The fourth-order valence-electron chi connectivity index (χ4n) is 4.25. The second-order valence-corrected chi connectivity index (χ2v) is 8.13. The second kappa shape index (κ2) is 9.75. The lowest BCUT2D eigenvalue weighted by atomic mass is 9.88. The highest BCUT2D eigenvalue weighted by Crippen LogP contribution is 2.30. The number of nitrogens with zero attached hydrogens (tertiary/aromatic N) is 4. The number of methoxy groups -OCH3 is 1. The molecule has 1 saturated heterocycles. The number of carbonyl (C=O) groups excluding carboxylic acids is 1. The summed E-state index contributed by atoms with van der Waals surface area (Å²) in [6, 6.07) is 15.7. The molecule has 7 heteroatoms. The molecule has 0 spiro atoms. The van der Waals surface area contributed by atoms with Gasteiger partial charge in [0.2, 0.25) is 0 Å². The Morgan fingerprint density at radius 3 is 2.66 bits per heavy atom. The zero-order chi connectivity index (χ0) is 22.5. The summed E-state index contributed by atoms with van der Waals surface area (Å²) in [7, 11) is 1.66. The van der Waals surface area contributed by atoms with Crippen LogP contribution in [-0.2, 0) is 11.2 Å². The summed E-state index contributed by atoms with van der Waals surface area (Å²) in [5.41, 5.74) is 4.37. The first-order chi connectivity index (χ1) is 15.6. The molecular weight excluding hydrogens is 402 g/mol. The van der Waals surface area contributed by atoms with E-state index < -0.39 is 0 Å². The average molecular weight is 430 g/mol. The van der Waals surface area contributed by atoms with Gasteiger partial charge >= 0.3 is 0 Å². The number of nitriles is 1. The van der Waals surface area contributed by atoms with E-state index in [-0.39, 0.29) is 5.91 Å². The summed E-state index contributed by atoms with van der Waals surface area (Å²) in [5.74, 6) is 1.83. The highest BCUT2D eigenvalue weighted by molar-refractivity contribution is 5.97. The number of H-pyrrole nitrogens is 1. The Morgan fingerprint density at radius 1 is 1.22 bits per heavy atom. The summed E-state index contributed by atoms with van der Waals surface area (Å²) < 4.78 is 5.10. The maximum atomic E-state index is 13.3. The number of hydrogen-bond acceptors (Lipinski definition) is 5. The van der Waals surface area contributed by atoms with Crippen molar-refractivity contribution in [3.8, 4) is 17.5 Å². The minimum Gasteiger partial charge on any atom is -0.384 e. The molecule has 0 radical (unpaired) electrons. The van der Waals surface area contributed by atoms with E-state index in [4.69, 9.17) is 10.00 Å². The number of likely N-dealkylation sites (tertiary alicyclic amines) is 1. The van der Waals surface area contributed by atoms with Gasteiger partial charge in [0.05, 0.1) is 18.2 Å². The van der Waals surface area contributed by atoms with Crippen LogP contribution in [0.15, 0.2) is 42.5 Å². The van der Waals surface area contributed by atoms with Crippen LogP contribution in [0, 0.1) is 18.3 Å². The minimum absolute atomic E-state index is 0.0535. The van der Waals surface area contributed by atoms with Crippen molar-refractivity contribution in [1.82, 2.24) is 20.1 Å². The molecule has 0 bridgehead atoms. The van der Waals surface area contributed by atoms with Crippen LogP contribution < -0.4 is 0 Å². The Hall–Kier alpha value is -3.50. The SMILES string of the molecule is COCCc1nc(-c2cccc(C(=O)N3CCC(c4ccc(C#N)cc4)CC3)c2C)n[nH]1. The first-order valence-corrected chi connectivity index (χ1v) is 10.9. The third-order valence-electron chi connectivity index (χ3n) is 6.17. The molecule has 2 heterocycles. The Bertz CT molecular complexity index is 1120. The van der Waals surface area contributed by atoms with E-state index in [2.05, 4.69) is 21.3 Å². The zero-order valence-electron chi connectivity index (χ0n) is 18.5. The van der Waals surface area contributed by atoms with Gasteiger partial charge < -0.3 is 9.64 Å². The smallest absolute Gasteiger partial charge is 0.254 e. The highest BCUT2D eigenvalue weighted by Gasteiger charge is 2.26. The van der Waals surface area contributed by atoms with Gasteiger partial charge in [-0.2, -0.15) is 10.4 Å². The molecule has 1 fully saturated rings. The maximum Gasteiger partial charge on any atom is 0.254 e. The highest BCUT2D eigenvalue weighted by atomic mass is 16.5. The third-order valence-corrected chi connectivity index (χ3v) is 6.17. The van der Waals surface area contributed by atoms with Gasteiger partial charge in [0.15, 0.2) is 5.82 Å². The van der Waals surface area contributed by atoms with E-state index in [1.165, 1.54) is 5.56 Å². The van der Waals surface area contributed by atoms with Gasteiger partial charge in [-0.3, -0.25) is 9.89 Å². The molecular formula is C25H27N5O2. The van der Waals surface area contributed by atoms with Gasteiger partial charge in [-0.1, -0.05) is 24.3 Å². The second-order valence-electron chi connectivity index (χ2n) is 8.13. The van der Waals surface area contributed by atoms with E-state index in [0.29, 0.717) is 35.9 Å². The monoisotopic (exact) mass is 429 g/mol. The molecule has 0 aliphatic carbocycles. The lowest BCUT2D eigenvalue weighted by Crippen LogP contribution is -2.38. The number of nitrogens with one attached hydrogen (secondary N) is 1. The number of aromatic nitrogens is 3. The van der Waals surface area contributed by atoms with E-state index in [0.717, 1.165) is 42.9 Å². The molecule has 1 aromatic heterocycles. The van der Waals surface area contributed by atoms with Gasteiger partial charge in [0.1, 0.15) is 5.82 Å². The normalized spacial score (nSPS) is 14.3. The van der Waals surface area contributed by atoms with Gasteiger partial charge in [-0.15, -0.1) is 0 Å². The lowest BCUT2D eigenvalue weighted by molar-refractivity contribution is 0.0712. The van der Waals surface area contributed by atoms with E-state index in [1.54, 1.807) is 7.11 Å². The molecule has 0 atom stereocenters. The number of piperidine rings is 1. The number of rotatable bonds is 6. The number of amides is 1. The quantitative estimate of drug-likeness (QED) is 0.642. The van der Waals surface area contributed by atoms with Crippen LogP contribution in [-0.4, -0.2) is 52.8 Å². The number of hydrogen-bond donors (Lipinski definition) is 1. The molecule has 0 unspecified atom stereocenters. The summed E-state index contributed by atoms with van der Waals surface area (Å²) in [5, 5.41) is 16.3. The van der Waals surface area contributed by atoms with Gasteiger partial charge in [-0.05, 0) is 55.0 Å². The molecule has 1 N–H and O–H groups in total. The van der Waals surface area contributed by atoms with Crippen molar-refractivity contribution in [3.63, 3.8) is 0 Å². The van der Waals surface area contributed by atoms with Crippen LogP contribution >= 0.6 is 0 Å². The Kier molecular flexibility index (Phi) is 6.62. The van der Waals surface area contributed by atoms with Crippen LogP contribution in [0.1, 0.15) is 51.6 Å². The predicted molar refractivity (Wildman–Crippen MR) is 121 cm³/mol. The Morgan fingerprint density at radius 2 is 1.97 bits per heavy atom. The van der Waals surface area contributed by atoms with Crippen LogP contribution in [0.2, 0.25) is 0 Å². The zero-order valence-corrected chi connectivity index (χ0v) is 18.5. The van der Waals surface area contributed by atoms with Crippen molar-refractivity contribution in [2.75, 3.05) is 26.8 Å². The third kappa shape index (κ3) is 4.56. The predicted octanol–water partition coefficient (Wildman–Crippen LogP) is 3.86. The van der Waals surface area contributed by atoms with Crippen molar-refractivity contribution in [2.45, 2.75) is 32.1 Å². The summed E-state index contributed by atoms with van der Waals surface area (Å²) in [4.78, 5) is 19.8. The van der Waals surface area contributed by atoms with Crippen molar-refractivity contribution in [3.05, 3.63) is 70.5 Å². The fraction of sp³-hybridized carbons (Fsp3) is 0.360. The molecule has 0 saturated carbocycles. The fourth-order valence-corrected chi connectivity index (χ4v) is 4.25. The van der Waals surface area contributed by atoms with Gasteiger partial charge in [-0.25, -0.2) is 4.98 Å². The van der Waals surface area contributed by atoms with Gasteiger partial charge in [0.25, 0.3) is 5.91 Å².